The van der Waals surface area contributed by atoms with Gasteiger partial charge < -0.3 is 34.4 Å². The molecule has 9 nitrogen and oxygen atoms in total. The van der Waals surface area contributed by atoms with Gasteiger partial charge in [0.25, 0.3) is 0 Å². The molecule has 0 spiro atoms. The Balaban J connectivity index is -0.0000000600. The number of nitrogens with two attached hydrogens (primary N) is 6. The molecule has 0 saturated heterocycles. The van der Waals surface area contributed by atoms with Crippen LogP contribution in [0.1, 0.15) is 0 Å². The molecule has 0 bridgehead atoms. The second kappa shape index (κ2) is 36.2. The molecule has 0 atom stereocenters. The average Bonchev–Trinajstić information content (AvgIpc) is 2.28. The fraction of sp³-hybridized carbons (Fsp3) is 1.00. The summed E-state index contributed by atoms with van der Waals surface area (Å²) >= 11 is -3.58. The van der Waals surface area contributed by atoms with E-state index in [1.54, 1.807) is 0 Å². The number of rotatable bonds is 3. The van der Waals surface area contributed by atoms with Crippen LogP contribution in [-0.4, -0.2) is 46.6 Å². The van der Waals surface area contributed by atoms with Crippen molar-refractivity contribution in [2.24, 2.45) is 34.4 Å². The predicted molar refractivity (Wildman–Crippen MR) is 59.5 cm³/mol. The van der Waals surface area contributed by atoms with Gasteiger partial charge in [0.2, 0.25) is 0 Å². The van der Waals surface area contributed by atoms with Gasteiger partial charge in [-0.1, -0.05) is 0 Å². The first-order valence-corrected chi connectivity index (χ1v) is 6.64. The quantitative estimate of drug-likeness (QED) is 0.233. The molecule has 0 aliphatic rings. The number of hydrogen-bond donors (Lipinski definition) is 8. The predicted octanol–water partition coefficient (Wildman–Crippen LogP) is -4.52. The van der Waals surface area contributed by atoms with Gasteiger partial charge in [-0.15, -0.1) is 0 Å². The van der Waals surface area contributed by atoms with Crippen LogP contribution < -0.4 is 34.4 Å². The molecule has 0 rings (SSSR count). The summed E-state index contributed by atoms with van der Waals surface area (Å²) in [6.45, 7) is 3.58. The molecule has 0 saturated carbocycles. The summed E-state index contributed by atoms with van der Waals surface area (Å²) in [6, 6.07) is 0. The molecule has 0 aromatic heterocycles. The van der Waals surface area contributed by atoms with Crippen LogP contribution in [0.3, 0.4) is 0 Å². The molecule has 0 heterocycles. The third-order valence-electron chi connectivity index (χ3n) is 0.500. The van der Waals surface area contributed by atoms with Crippen molar-refractivity contribution in [3.63, 3.8) is 0 Å². The van der Waals surface area contributed by atoms with Crippen LogP contribution in [0.25, 0.3) is 0 Å². The van der Waals surface area contributed by atoms with Crippen LogP contribution in [0.4, 0.5) is 0 Å². The van der Waals surface area contributed by atoms with Crippen molar-refractivity contribution in [2.45, 2.75) is 0 Å². The normalized spacial score (nSPS) is 7.25. The third kappa shape index (κ3) is 242. The summed E-state index contributed by atoms with van der Waals surface area (Å²) in [5.74, 6) is 0. The van der Waals surface area contributed by atoms with Gasteiger partial charge in [0.05, 0.1) is 0 Å². The molecule has 0 aliphatic heterocycles. The van der Waals surface area contributed by atoms with E-state index in [0.29, 0.717) is 39.3 Å². The van der Waals surface area contributed by atoms with Crippen LogP contribution >= 0.6 is 0 Å². The van der Waals surface area contributed by atoms with Gasteiger partial charge in [-0.05, 0) is 0 Å². The second-order valence-electron chi connectivity index (χ2n) is 2.01. The first kappa shape index (κ1) is 25.1. The molecule has 0 aromatic carbocycles. The van der Waals surface area contributed by atoms with Crippen LogP contribution in [-0.2, 0) is 21.9 Å². The summed E-state index contributed by atoms with van der Waals surface area (Å²) in [7, 11) is 0. The van der Waals surface area contributed by atoms with Crippen LogP contribution in [0.15, 0.2) is 0 Å². The standard InChI is InChI=1S/3C2H8N2.2H2O.O.Ti/c3*3-1-2-4;;;;/h3*1-4H2;2*1H2;;/q;;;;;;+2/p-2. The van der Waals surface area contributed by atoms with E-state index in [9.17, 15) is 0 Å². The molecule has 0 radical (unpaired) electrons. The third-order valence-corrected chi connectivity index (χ3v) is 0.500. The molecular formula is C6H26N6O3Ti. The second-order valence-corrected chi connectivity index (χ2v) is 2.90. The van der Waals surface area contributed by atoms with Crippen molar-refractivity contribution in [1.29, 1.82) is 0 Å². The van der Waals surface area contributed by atoms with Gasteiger partial charge in [0, 0.05) is 39.3 Å². The van der Waals surface area contributed by atoms with Crippen LogP contribution in [0.5, 0.6) is 0 Å². The molecular weight excluding hydrogens is 252 g/mol. The summed E-state index contributed by atoms with van der Waals surface area (Å²) in [5.41, 5.74) is 29.4. The Kier molecular flexibility index (Phi) is 56.9. The monoisotopic (exact) mass is 278 g/mol. The van der Waals surface area contributed by atoms with Crippen molar-refractivity contribution in [1.82, 2.24) is 0 Å². The van der Waals surface area contributed by atoms with E-state index in [1.165, 1.54) is 0 Å². The van der Waals surface area contributed by atoms with E-state index in [0.717, 1.165) is 0 Å². The molecule has 0 amide bonds. The molecule has 16 heavy (non-hydrogen) atoms. The summed E-state index contributed by atoms with van der Waals surface area (Å²) in [4.78, 5) is 0. The maximum absolute atomic E-state index is 8.81. The Hall–Kier alpha value is 0.194. The summed E-state index contributed by atoms with van der Waals surface area (Å²) in [5, 5.41) is 0. The zero-order valence-corrected chi connectivity index (χ0v) is 11.1. The zero-order chi connectivity index (χ0) is 13.8. The van der Waals surface area contributed by atoms with Crippen molar-refractivity contribution in [2.75, 3.05) is 39.3 Å². The summed E-state index contributed by atoms with van der Waals surface area (Å²) in [6.07, 6.45) is 0. The fourth-order valence-corrected chi connectivity index (χ4v) is 0. The van der Waals surface area contributed by atoms with Gasteiger partial charge in [0.15, 0.2) is 0 Å². The Morgan fingerprint density at radius 2 is 0.688 bits per heavy atom. The molecule has 0 unspecified atom stereocenters. The fourth-order valence-electron chi connectivity index (χ4n) is 0. The Morgan fingerprint density at radius 3 is 0.688 bits per heavy atom. The van der Waals surface area contributed by atoms with Crippen molar-refractivity contribution >= 4 is 0 Å². The molecule has 0 aliphatic carbocycles. The first-order valence-electron chi connectivity index (χ1n) is 4.60. The minimum atomic E-state index is -3.58. The van der Waals surface area contributed by atoms with Crippen LogP contribution in [0.2, 0.25) is 0 Å². The van der Waals surface area contributed by atoms with E-state index < -0.39 is 18.6 Å². The average molecular weight is 278 g/mol. The minimum absolute atomic E-state index is 0.597. The number of hydrogen-bond acceptors (Lipinski definition) is 7. The Labute approximate surface area is 103 Å². The Morgan fingerprint density at radius 1 is 0.625 bits per heavy atom. The van der Waals surface area contributed by atoms with Crippen LogP contribution in [0, 0.1) is 0 Å². The van der Waals surface area contributed by atoms with E-state index in [1.807, 2.05) is 0 Å². The van der Waals surface area contributed by atoms with Gasteiger partial charge in [0.1, 0.15) is 0 Å². The van der Waals surface area contributed by atoms with E-state index in [2.05, 4.69) is 0 Å². The molecule has 14 N–H and O–H groups in total. The van der Waals surface area contributed by atoms with Gasteiger partial charge >= 0.3 is 29.3 Å². The molecule has 10 heteroatoms. The Bertz CT molecular complexity index is 90.8. The van der Waals surface area contributed by atoms with Crippen molar-refractivity contribution < 1.29 is 29.3 Å². The molecule has 0 fully saturated rings. The van der Waals surface area contributed by atoms with Crippen molar-refractivity contribution in [3.8, 4) is 0 Å². The molecule has 102 valence electrons. The van der Waals surface area contributed by atoms with Gasteiger partial charge in [-0.2, -0.15) is 0 Å². The summed E-state index contributed by atoms with van der Waals surface area (Å²) < 4.78 is 23.2. The van der Waals surface area contributed by atoms with E-state index >= 15 is 0 Å². The van der Waals surface area contributed by atoms with Crippen molar-refractivity contribution in [3.05, 3.63) is 0 Å². The first-order chi connectivity index (χ1) is 7.47. The topological polar surface area (TPSA) is 214 Å². The SMILES string of the molecule is NCCN.NCCN.NCCN.[O]=[Ti]([OH])[OH]. The molecule has 0 aromatic rings. The van der Waals surface area contributed by atoms with E-state index in [-0.39, 0.29) is 0 Å². The van der Waals surface area contributed by atoms with E-state index in [4.69, 9.17) is 45.1 Å². The maximum atomic E-state index is 8.81. The van der Waals surface area contributed by atoms with Gasteiger partial charge in [-0.3, -0.25) is 0 Å². The van der Waals surface area contributed by atoms with Gasteiger partial charge in [-0.25, -0.2) is 0 Å². The zero-order valence-electron chi connectivity index (χ0n) is 9.51.